The Hall–Kier alpha value is -1.46. The summed E-state index contributed by atoms with van der Waals surface area (Å²) < 4.78 is 27.5. The standard InChI is InChI=1S/C24H28N2O5S2/c1-5-23(6-2-17(1)25(9-19-13-27-19)10-20-14-28-20)32-31-33-24-7-3-18(4-8-24)26(11-21-15-29-21)12-22-16-30-22/h1-8,19-22H,9-16H2. The van der Waals surface area contributed by atoms with Crippen LogP contribution in [-0.4, -0.2) is 77.0 Å². The van der Waals surface area contributed by atoms with Crippen molar-refractivity contribution in [3.8, 4) is 0 Å². The first kappa shape index (κ1) is 22.0. The maximum Gasteiger partial charge on any atom is 0.0984 e. The molecule has 176 valence electrons. The number of epoxide rings is 4. The van der Waals surface area contributed by atoms with Gasteiger partial charge in [0.25, 0.3) is 0 Å². The molecule has 7 nitrogen and oxygen atoms in total. The van der Waals surface area contributed by atoms with Gasteiger partial charge in [0.1, 0.15) is 0 Å². The van der Waals surface area contributed by atoms with Crippen molar-refractivity contribution in [1.82, 2.24) is 0 Å². The fraction of sp³-hybridized carbons (Fsp3) is 0.500. The maximum atomic E-state index is 5.83. The Kier molecular flexibility index (Phi) is 6.70. The zero-order valence-corrected chi connectivity index (χ0v) is 20.0. The zero-order valence-electron chi connectivity index (χ0n) is 18.3. The molecule has 2 aromatic carbocycles. The minimum atomic E-state index is 0.361. The Labute approximate surface area is 203 Å². The fourth-order valence-corrected chi connectivity index (χ4v) is 5.03. The maximum absolute atomic E-state index is 5.83. The zero-order chi connectivity index (χ0) is 22.0. The molecular weight excluding hydrogens is 460 g/mol. The van der Waals surface area contributed by atoms with Gasteiger partial charge in [-0.25, -0.2) is 3.63 Å². The van der Waals surface area contributed by atoms with Crippen LogP contribution >= 0.6 is 24.1 Å². The molecule has 0 aromatic heterocycles. The molecule has 0 bridgehead atoms. The van der Waals surface area contributed by atoms with Crippen LogP contribution in [0.15, 0.2) is 58.3 Å². The molecule has 0 radical (unpaired) electrons. The van der Waals surface area contributed by atoms with E-state index in [4.69, 9.17) is 22.6 Å². The summed E-state index contributed by atoms with van der Waals surface area (Å²) in [4.78, 5) is 6.87. The van der Waals surface area contributed by atoms with Gasteiger partial charge in [0.05, 0.1) is 50.8 Å². The highest BCUT2D eigenvalue weighted by atomic mass is 32.2. The summed E-state index contributed by atoms with van der Waals surface area (Å²) in [6, 6.07) is 17.0. The molecule has 9 heteroatoms. The average molecular weight is 489 g/mol. The Morgan fingerprint density at radius 3 is 1.15 bits per heavy atom. The van der Waals surface area contributed by atoms with Crippen molar-refractivity contribution in [2.24, 2.45) is 0 Å². The van der Waals surface area contributed by atoms with E-state index in [0.29, 0.717) is 24.4 Å². The van der Waals surface area contributed by atoms with E-state index in [1.54, 1.807) is 0 Å². The molecule has 4 unspecified atom stereocenters. The monoisotopic (exact) mass is 488 g/mol. The highest BCUT2D eigenvalue weighted by molar-refractivity contribution is 8.07. The van der Waals surface area contributed by atoms with Crippen molar-refractivity contribution in [3.05, 3.63) is 48.5 Å². The van der Waals surface area contributed by atoms with Crippen LogP contribution in [0.4, 0.5) is 11.4 Å². The van der Waals surface area contributed by atoms with Crippen LogP contribution in [0, 0.1) is 0 Å². The predicted molar refractivity (Wildman–Crippen MR) is 129 cm³/mol. The number of nitrogens with zero attached hydrogens (tertiary/aromatic N) is 2. The molecule has 4 aliphatic rings. The molecular formula is C24H28N2O5S2. The second kappa shape index (κ2) is 10.0. The van der Waals surface area contributed by atoms with E-state index in [1.807, 2.05) is 0 Å². The molecule has 0 spiro atoms. The van der Waals surface area contributed by atoms with Crippen molar-refractivity contribution in [3.63, 3.8) is 0 Å². The van der Waals surface area contributed by atoms with Crippen molar-refractivity contribution in [1.29, 1.82) is 0 Å². The first-order valence-corrected chi connectivity index (χ1v) is 12.9. The molecule has 2 aromatic rings. The summed E-state index contributed by atoms with van der Waals surface area (Å²) in [6.45, 7) is 7.16. The molecule has 0 saturated carbocycles. The minimum Gasteiger partial charge on any atom is -0.371 e. The largest absolute Gasteiger partial charge is 0.371 e. The van der Waals surface area contributed by atoms with Crippen LogP contribution in [0.5, 0.6) is 0 Å². The third-order valence-electron chi connectivity index (χ3n) is 5.97. The van der Waals surface area contributed by atoms with Crippen LogP contribution in [0.2, 0.25) is 0 Å². The molecule has 0 aliphatic carbocycles. The summed E-state index contributed by atoms with van der Waals surface area (Å²) in [5.74, 6) is 0. The van der Waals surface area contributed by atoms with Crippen molar-refractivity contribution in [2.75, 3.05) is 62.4 Å². The second-order valence-corrected chi connectivity index (χ2v) is 10.7. The molecule has 6 rings (SSSR count). The quantitative estimate of drug-likeness (QED) is 0.293. The van der Waals surface area contributed by atoms with E-state index < -0.39 is 0 Å². The molecule has 4 aliphatic heterocycles. The Morgan fingerprint density at radius 2 is 0.879 bits per heavy atom. The number of hydrogen-bond donors (Lipinski definition) is 0. The molecule has 0 amide bonds. The highest BCUT2D eigenvalue weighted by Gasteiger charge is 2.32. The van der Waals surface area contributed by atoms with Gasteiger partial charge in [-0.05, 0) is 48.5 Å². The highest BCUT2D eigenvalue weighted by Crippen LogP contribution is 2.33. The van der Waals surface area contributed by atoms with E-state index >= 15 is 0 Å². The molecule has 4 saturated heterocycles. The lowest BCUT2D eigenvalue weighted by molar-refractivity contribution is 0.388. The van der Waals surface area contributed by atoms with Crippen LogP contribution in [-0.2, 0) is 22.6 Å². The molecule has 0 N–H and O–H groups in total. The van der Waals surface area contributed by atoms with Crippen molar-refractivity contribution >= 4 is 35.5 Å². The van der Waals surface area contributed by atoms with E-state index in [9.17, 15) is 0 Å². The Morgan fingerprint density at radius 1 is 0.576 bits per heavy atom. The smallest absolute Gasteiger partial charge is 0.0984 e. The van der Waals surface area contributed by atoms with Crippen LogP contribution in [0.3, 0.4) is 0 Å². The third-order valence-corrected chi connectivity index (χ3v) is 7.44. The summed E-state index contributed by atoms with van der Waals surface area (Å²) in [7, 11) is 0. The summed E-state index contributed by atoms with van der Waals surface area (Å²) in [5, 5.41) is 0. The molecule has 4 heterocycles. The lowest BCUT2D eigenvalue weighted by Gasteiger charge is -2.23. The number of anilines is 2. The molecule has 4 fully saturated rings. The van der Waals surface area contributed by atoms with Gasteiger partial charge in [0, 0.05) is 71.4 Å². The van der Waals surface area contributed by atoms with Crippen LogP contribution in [0.25, 0.3) is 0 Å². The van der Waals surface area contributed by atoms with E-state index in [0.717, 1.165) is 62.4 Å². The topological polar surface area (TPSA) is 65.8 Å². The van der Waals surface area contributed by atoms with Gasteiger partial charge in [-0.15, -0.1) is 0 Å². The lowest BCUT2D eigenvalue weighted by Crippen LogP contribution is -2.31. The van der Waals surface area contributed by atoms with Crippen molar-refractivity contribution in [2.45, 2.75) is 34.2 Å². The van der Waals surface area contributed by atoms with Gasteiger partial charge >= 0.3 is 0 Å². The van der Waals surface area contributed by atoms with Crippen LogP contribution < -0.4 is 9.80 Å². The van der Waals surface area contributed by atoms with E-state index in [-0.39, 0.29) is 0 Å². The van der Waals surface area contributed by atoms with E-state index in [2.05, 4.69) is 58.3 Å². The lowest BCUT2D eigenvalue weighted by atomic mass is 10.2. The van der Waals surface area contributed by atoms with Gasteiger partial charge in [-0.3, -0.25) is 0 Å². The van der Waals surface area contributed by atoms with Gasteiger partial charge in [0.2, 0.25) is 0 Å². The van der Waals surface area contributed by atoms with Gasteiger partial charge in [0.15, 0.2) is 0 Å². The number of hydrogen-bond acceptors (Lipinski definition) is 9. The van der Waals surface area contributed by atoms with Gasteiger partial charge in [-0.1, -0.05) is 0 Å². The van der Waals surface area contributed by atoms with Crippen molar-refractivity contribution < 1.29 is 22.6 Å². The van der Waals surface area contributed by atoms with Gasteiger partial charge in [-0.2, -0.15) is 0 Å². The first-order valence-electron chi connectivity index (χ1n) is 11.5. The SMILES string of the molecule is c1cc(N(CC2CO2)CC2CO2)ccc1SOSc1ccc(N(CC2CO2)CC2CO2)cc1. The summed E-state index contributed by atoms with van der Waals surface area (Å²) in [6.07, 6.45) is 1.44. The number of rotatable bonds is 14. The number of ether oxygens (including phenoxy) is 4. The second-order valence-electron chi connectivity index (χ2n) is 8.85. The summed E-state index contributed by atoms with van der Waals surface area (Å²) in [5.41, 5.74) is 2.40. The molecule has 33 heavy (non-hydrogen) atoms. The Bertz CT molecular complexity index is 812. The Balaban J connectivity index is 0.987. The minimum absolute atomic E-state index is 0.361. The third kappa shape index (κ3) is 6.79. The van der Waals surface area contributed by atoms with Crippen LogP contribution in [0.1, 0.15) is 0 Å². The molecule has 4 atom stereocenters. The first-order chi connectivity index (χ1) is 16.3. The van der Waals surface area contributed by atoms with Gasteiger partial charge < -0.3 is 28.7 Å². The van der Waals surface area contributed by atoms with E-state index in [1.165, 1.54) is 35.5 Å². The predicted octanol–water partition coefficient (Wildman–Crippen LogP) is 3.63. The normalized spacial score (nSPS) is 26.7. The fourth-order valence-electron chi connectivity index (χ4n) is 3.77. The number of benzene rings is 2. The average Bonchev–Trinajstić information content (AvgIpc) is 3.66. The summed E-state index contributed by atoms with van der Waals surface area (Å²) >= 11 is 2.77.